The number of hydrogen-bond donors (Lipinski definition) is 1. The molecule has 3 aromatic rings. The van der Waals surface area contributed by atoms with Crippen LogP contribution in [0.25, 0.3) is 0 Å². The molecule has 34 heavy (non-hydrogen) atoms. The van der Waals surface area contributed by atoms with Gasteiger partial charge in [-0.1, -0.05) is 29.8 Å². The molecule has 1 amide bonds. The number of likely N-dealkylation sites (tertiary alicyclic amines) is 1. The van der Waals surface area contributed by atoms with Gasteiger partial charge in [0.1, 0.15) is 10.8 Å². The number of aryl methyl sites for hydroxylation is 2. The lowest BCUT2D eigenvalue weighted by Gasteiger charge is -2.33. The topological polar surface area (TPSA) is 78.1 Å². The van der Waals surface area contributed by atoms with Gasteiger partial charge in [0.05, 0.1) is 22.9 Å². The number of nitriles is 1. The summed E-state index contributed by atoms with van der Waals surface area (Å²) >= 11 is 6.40. The standard InChI is InChI=1S/C26H24ClFN4O2/c1-16-3-8-21(13-19(16)14-29)30-24-22(15-31(2)26(34)23(24)27)25(33)32-11-9-18(10-12-32)17-4-6-20(28)7-5-17/h3-8,13,15,18,30H,9-12H2,1-2H3. The van der Waals surface area contributed by atoms with Crippen LogP contribution < -0.4 is 10.9 Å². The van der Waals surface area contributed by atoms with Crippen LogP contribution in [0.2, 0.25) is 5.02 Å². The molecule has 0 bridgehead atoms. The van der Waals surface area contributed by atoms with Gasteiger partial charge in [0.2, 0.25) is 0 Å². The average molecular weight is 479 g/mol. The van der Waals surface area contributed by atoms with E-state index >= 15 is 0 Å². The second-order valence-corrected chi connectivity index (χ2v) is 8.91. The number of hydrogen-bond acceptors (Lipinski definition) is 4. The van der Waals surface area contributed by atoms with Crippen molar-refractivity contribution in [3.63, 3.8) is 0 Å². The highest BCUT2D eigenvalue weighted by molar-refractivity contribution is 6.34. The quantitative estimate of drug-likeness (QED) is 0.564. The molecule has 174 valence electrons. The zero-order valence-electron chi connectivity index (χ0n) is 18.9. The number of carbonyl (C=O) groups excluding carboxylic acids is 1. The zero-order valence-corrected chi connectivity index (χ0v) is 19.7. The number of pyridine rings is 1. The van der Waals surface area contributed by atoms with E-state index in [1.807, 2.05) is 6.92 Å². The third-order valence-corrected chi connectivity index (χ3v) is 6.65. The molecule has 1 aliphatic heterocycles. The van der Waals surface area contributed by atoms with Crippen LogP contribution >= 0.6 is 11.6 Å². The van der Waals surface area contributed by atoms with Gasteiger partial charge in [0.25, 0.3) is 11.5 Å². The molecular weight excluding hydrogens is 455 g/mol. The van der Waals surface area contributed by atoms with Crippen molar-refractivity contribution in [1.82, 2.24) is 9.47 Å². The molecule has 1 saturated heterocycles. The Kier molecular flexibility index (Phi) is 6.71. The molecule has 2 aromatic carbocycles. The summed E-state index contributed by atoms with van der Waals surface area (Å²) in [5.74, 6) is -0.244. The minimum absolute atomic E-state index is 0.0892. The first-order chi connectivity index (χ1) is 16.3. The van der Waals surface area contributed by atoms with E-state index in [9.17, 15) is 19.2 Å². The minimum atomic E-state index is -0.427. The Morgan fingerprint density at radius 3 is 2.50 bits per heavy atom. The Balaban J connectivity index is 1.60. The number of rotatable bonds is 4. The van der Waals surface area contributed by atoms with Gasteiger partial charge in [-0.05, 0) is 61.1 Å². The summed E-state index contributed by atoms with van der Waals surface area (Å²) in [4.78, 5) is 27.8. The van der Waals surface area contributed by atoms with Crippen molar-refractivity contribution < 1.29 is 9.18 Å². The number of halogens is 2. The fraction of sp³-hybridized carbons (Fsp3) is 0.269. The molecule has 1 aliphatic rings. The van der Waals surface area contributed by atoms with E-state index in [2.05, 4.69) is 11.4 Å². The Morgan fingerprint density at radius 1 is 1.18 bits per heavy atom. The Hall–Kier alpha value is -3.63. The number of anilines is 2. The van der Waals surface area contributed by atoms with Gasteiger partial charge < -0.3 is 14.8 Å². The predicted octanol–water partition coefficient (Wildman–Crippen LogP) is 5.12. The highest BCUT2D eigenvalue weighted by atomic mass is 35.5. The summed E-state index contributed by atoms with van der Waals surface area (Å²) in [6.07, 6.45) is 3.00. The maximum absolute atomic E-state index is 13.5. The molecule has 1 aromatic heterocycles. The molecule has 1 N–H and O–H groups in total. The fourth-order valence-corrected chi connectivity index (χ4v) is 4.55. The van der Waals surface area contributed by atoms with Gasteiger partial charge in [-0.25, -0.2) is 4.39 Å². The number of benzene rings is 2. The van der Waals surface area contributed by atoms with Crippen LogP contribution in [0.3, 0.4) is 0 Å². The van der Waals surface area contributed by atoms with Gasteiger partial charge in [0, 0.05) is 32.0 Å². The van der Waals surface area contributed by atoms with E-state index in [4.69, 9.17) is 11.6 Å². The van der Waals surface area contributed by atoms with E-state index in [0.717, 1.165) is 24.0 Å². The lowest BCUT2D eigenvalue weighted by molar-refractivity contribution is 0.0713. The van der Waals surface area contributed by atoms with E-state index in [1.165, 1.54) is 22.9 Å². The molecule has 4 rings (SSSR count). The van der Waals surface area contributed by atoms with E-state index in [1.54, 1.807) is 42.3 Å². The third kappa shape index (κ3) is 4.68. The SMILES string of the molecule is Cc1ccc(Nc2c(C(=O)N3CCC(c4ccc(F)cc4)CC3)cn(C)c(=O)c2Cl)cc1C#N. The average Bonchev–Trinajstić information content (AvgIpc) is 2.85. The zero-order chi connectivity index (χ0) is 24.4. The molecule has 8 heteroatoms. The van der Waals surface area contributed by atoms with Crippen LogP contribution in [0, 0.1) is 24.1 Å². The van der Waals surface area contributed by atoms with Crippen molar-refractivity contribution >= 4 is 28.9 Å². The van der Waals surface area contributed by atoms with Gasteiger partial charge >= 0.3 is 0 Å². The van der Waals surface area contributed by atoms with E-state index in [0.29, 0.717) is 24.3 Å². The minimum Gasteiger partial charge on any atom is -0.353 e. The maximum Gasteiger partial charge on any atom is 0.271 e. The second kappa shape index (κ2) is 9.70. The van der Waals surface area contributed by atoms with Crippen LogP contribution in [0.5, 0.6) is 0 Å². The third-order valence-electron chi connectivity index (χ3n) is 6.30. The van der Waals surface area contributed by atoms with Gasteiger partial charge in [-0.3, -0.25) is 9.59 Å². The number of piperidine rings is 1. The lowest BCUT2D eigenvalue weighted by Crippen LogP contribution is -2.39. The Labute approximate surface area is 202 Å². The van der Waals surface area contributed by atoms with Crippen molar-refractivity contribution in [1.29, 1.82) is 5.26 Å². The lowest BCUT2D eigenvalue weighted by atomic mass is 9.89. The molecular formula is C26H24ClFN4O2. The van der Waals surface area contributed by atoms with Crippen LogP contribution in [0.1, 0.15) is 45.8 Å². The Bertz CT molecular complexity index is 1340. The first kappa shape index (κ1) is 23.5. The summed E-state index contributed by atoms with van der Waals surface area (Å²) in [5.41, 5.74) is 3.01. The first-order valence-corrected chi connectivity index (χ1v) is 11.4. The second-order valence-electron chi connectivity index (χ2n) is 8.53. The largest absolute Gasteiger partial charge is 0.353 e. The smallest absolute Gasteiger partial charge is 0.271 e. The maximum atomic E-state index is 13.5. The van der Waals surface area contributed by atoms with Crippen molar-refractivity contribution in [3.8, 4) is 6.07 Å². The number of nitrogens with one attached hydrogen (secondary N) is 1. The number of amides is 1. The summed E-state index contributed by atoms with van der Waals surface area (Å²) in [6.45, 7) is 2.89. The van der Waals surface area contributed by atoms with E-state index in [-0.39, 0.29) is 33.9 Å². The molecule has 0 aliphatic carbocycles. The molecule has 0 atom stereocenters. The van der Waals surface area contributed by atoms with Crippen molar-refractivity contribution in [2.45, 2.75) is 25.7 Å². The number of aromatic nitrogens is 1. The monoisotopic (exact) mass is 478 g/mol. The van der Waals surface area contributed by atoms with Gasteiger partial charge in [-0.15, -0.1) is 0 Å². The number of nitrogens with zero attached hydrogens (tertiary/aromatic N) is 3. The number of carbonyl (C=O) groups is 1. The van der Waals surface area contributed by atoms with E-state index < -0.39 is 5.56 Å². The summed E-state index contributed by atoms with van der Waals surface area (Å²) in [7, 11) is 1.55. The normalized spacial score (nSPS) is 14.0. The molecule has 0 unspecified atom stereocenters. The fourth-order valence-electron chi connectivity index (χ4n) is 4.27. The van der Waals surface area contributed by atoms with Gasteiger partial charge in [0.15, 0.2) is 0 Å². The highest BCUT2D eigenvalue weighted by Gasteiger charge is 2.28. The molecule has 6 nitrogen and oxygen atoms in total. The van der Waals surface area contributed by atoms with Crippen LogP contribution in [0.15, 0.2) is 53.5 Å². The summed E-state index contributed by atoms with van der Waals surface area (Å²) in [6, 6.07) is 13.9. The van der Waals surface area contributed by atoms with Crippen LogP contribution in [-0.4, -0.2) is 28.5 Å². The molecule has 0 saturated carbocycles. The first-order valence-electron chi connectivity index (χ1n) is 11.0. The molecule has 2 heterocycles. The highest BCUT2D eigenvalue weighted by Crippen LogP contribution is 2.32. The molecule has 0 radical (unpaired) electrons. The van der Waals surface area contributed by atoms with Crippen molar-refractivity contribution in [2.75, 3.05) is 18.4 Å². The van der Waals surface area contributed by atoms with Crippen LogP contribution in [0.4, 0.5) is 15.8 Å². The Morgan fingerprint density at radius 2 is 1.85 bits per heavy atom. The summed E-state index contributed by atoms with van der Waals surface area (Å²) in [5, 5.41) is 12.3. The van der Waals surface area contributed by atoms with Crippen molar-refractivity contribution in [3.05, 3.63) is 92.1 Å². The molecule has 0 spiro atoms. The van der Waals surface area contributed by atoms with Crippen molar-refractivity contribution in [2.24, 2.45) is 7.05 Å². The van der Waals surface area contributed by atoms with Crippen LogP contribution in [-0.2, 0) is 7.05 Å². The summed E-state index contributed by atoms with van der Waals surface area (Å²) < 4.78 is 14.5. The van der Waals surface area contributed by atoms with Gasteiger partial charge in [-0.2, -0.15) is 5.26 Å². The molecule has 1 fully saturated rings. The predicted molar refractivity (Wildman–Crippen MR) is 130 cm³/mol.